The molecule has 0 radical (unpaired) electrons. The number of hydrogen-bond acceptors (Lipinski definition) is 4. The first-order chi connectivity index (χ1) is 10.2. The Bertz CT molecular complexity index is 732. The molecule has 1 aromatic heterocycles. The minimum Gasteiger partial charge on any atom is -0.495 e. The molecule has 118 valence electrons. The van der Waals surface area contributed by atoms with Crippen molar-refractivity contribution >= 4 is 23.3 Å². The molecular weight excluding hydrogens is 304 g/mol. The number of carbonyl (C=O) groups is 1. The van der Waals surface area contributed by atoms with E-state index in [4.69, 9.17) is 27.8 Å². The summed E-state index contributed by atoms with van der Waals surface area (Å²) in [6.07, 6.45) is 0. The Morgan fingerprint density at radius 3 is 2.45 bits per heavy atom. The topological polar surface area (TPSA) is 96.2 Å². The second-order valence-electron chi connectivity index (χ2n) is 5.95. The fraction of sp³-hybridized carbons (Fsp3) is 0.333. The summed E-state index contributed by atoms with van der Waals surface area (Å²) in [7, 11) is 1.52. The summed E-state index contributed by atoms with van der Waals surface area (Å²) in [6.45, 7) is 5.82. The van der Waals surface area contributed by atoms with Gasteiger partial charge in [-0.1, -0.05) is 32.4 Å². The summed E-state index contributed by atoms with van der Waals surface area (Å²) < 4.78 is 6.67. The third-order valence-electron chi connectivity index (χ3n) is 3.26. The monoisotopic (exact) mass is 322 g/mol. The van der Waals surface area contributed by atoms with E-state index in [2.05, 4.69) is 5.10 Å². The fourth-order valence-electron chi connectivity index (χ4n) is 2.18. The van der Waals surface area contributed by atoms with E-state index in [-0.39, 0.29) is 16.8 Å². The van der Waals surface area contributed by atoms with Crippen molar-refractivity contribution in [2.24, 2.45) is 5.73 Å². The van der Waals surface area contributed by atoms with Crippen molar-refractivity contribution < 1.29 is 9.53 Å². The molecule has 1 amide bonds. The molecule has 1 heterocycles. The van der Waals surface area contributed by atoms with Gasteiger partial charge in [0.05, 0.1) is 23.5 Å². The highest BCUT2D eigenvalue weighted by molar-refractivity contribution is 6.32. The van der Waals surface area contributed by atoms with Crippen LogP contribution in [-0.4, -0.2) is 22.8 Å². The second kappa shape index (κ2) is 5.53. The average Bonchev–Trinajstić information content (AvgIpc) is 2.77. The van der Waals surface area contributed by atoms with Crippen molar-refractivity contribution in [3.05, 3.63) is 34.5 Å². The number of aromatic nitrogens is 2. The van der Waals surface area contributed by atoms with Crippen molar-refractivity contribution in [1.29, 1.82) is 0 Å². The van der Waals surface area contributed by atoms with Crippen molar-refractivity contribution in [3.8, 4) is 11.4 Å². The van der Waals surface area contributed by atoms with E-state index in [0.717, 1.165) is 0 Å². The molecule has 2 aromatic rings. The normalized spacial score (nSPS) is 11.5. The van der Waals surface area contributed by atoms with Crippen molar-refractivity contribution in [2.75, 3.05) is 12.8 Å². The van der Waals surface area contributed by atoms with Crippen LogP contribution in [0.25, 0.3) is 5.69 Å². The number of benzene rings is 1. The summed E-state index contributed by atoms with van der Waals surface area (Å²) in [5.41, 5.74) is 12.6. The van der Waals surface area contributed by atoms with Gasteiger partial charge in [0.15, 0.2) is 0 Å². The molecule has 0 aliphatic heterocycles. The lowest BCUT2D eigenvalue weighted by Gasteiger charge is -2.16. The number of nitrogens with two attached hydrogens (primary N) is 2. The van der Waals surface area contributed by atoms with E-state index in [9.17, 15) is 4.79 Å². The zero-order valence-electron chi connectivity index (χ0n) is 13.0. The molecule has 0 aliphatic rings. The van der Waals surface area contributed by atoms with Crippen LogP contribution in [0.3, 0.4) is 0 Å². The van der Waals surface area contributed by atoms with Crippen molar-refractivity contribution in [2.45, 2.75) is 26.2 Å². The predicted molar refractivity (Wildman–Crippen MR) is 86.8 cm³/mol. The summed E-state index contributed by atoms with van der Waals surface area (Å²) in [5, 5.41) is 4.94. The number of primary amides is 1. The highest BCUT2D eigenvalue weighted by Crippen LogP contribution is 2.32. The molecule has 7 heteroatoms. The van der Waals surface area contributed by atoms with Crippen LogP contribution in [-0.2, 0) is 5.41 Å². The van der Waals surface area contributed by atoms with Gasteiger partial charge in [-0.2, -0.15) is 5.10 Å². The number of carbonyl (C=O) groups excluding carboxylic acids is 1. The number of nitrogens with zero attached hydrogens (tertiary/aromatic N) is 2. The van der Waals surface area contributed by atoms with Gasteiger partial charge in [0.2, 0.25) is 0 Å². The number of rotatable bonds is 3. The molecule has 0 unspecified atom stereocenters. The molecule has 0 atom stereocenters. The lowest BCUT2D eigenvalue weighted by atomic mass is 9.89. The van der Waals surface area contributed by atoms with E-state index in [0.29, 0.717) is 22.2 Å². The van der Waals surface area contributed by atoms with Gasteiger partial charge in [-0.15, -0.1) is 0 Å². The fourth-order valence-corrected chi connectivity index (χ4v) is 2.37. The molecule has 0 saturated carbocycles. The molecule has 1 aromatic carbocycles. The largest absolute Gasteiger partial charge is 0.495 e. The quantitative estimate of drug-likeness (QED) is 0.907. The van der Waals surface area contributed by atoms with Crippen LogP contribution in [0.5, 0.6) is 5.75 Å². The van der Waals surface area contributed by atoms with Crippen LogP contribution in [0.1, 0.15) is 36.8 Å². The van der Waals surface area contributed by atoms with Gasteiger partial charge >= 0.3 is 0 Å². The van der Waals surface area contributed by atoms with E-state index < -0.39 is 5.91 Å². The molecular formula is C15H19ClN4O2. The summed E-state index contributed by atoms with van der Waals surface area (Å²) in [6, 6.07) is 5.12. The van der Waals surface area contributed by atoms with Crippen LogP contribution in [0.2, 0.25) is 5.02 Å². The third-order valence-corrected chi connectivity index (χ3v) is 3.57. The maximum Gasteiger partial charge on any atom is 0.254 e. The maximum atomic E-state index is 11.8. The SMILES string of the molecule is COc1cc(-n2nc(C(C)(C)C)c(C(N)=O)c2N)ccc1Cl. The van der Waals surface area contributed by atoms with Crippen LogP contribution < -0.4 is 16.2 Å². The van der Waals surface area contributed by atoms with Crippen LogP contribution in [0, 0.1) is 0 Å². The van der Waals surface area contributed by atoms with Crippen LogP contribution in [0.15, 0.2) is 18.2 Å². The molecule has 0 fully saturated rings. The molecule has 0 saturated heterocycles. The minimum atomic E-state index is -0.602. The zero-order chi connectivity index (χ0) is 16.7. The Labute approximate surface area is 134 Å². The average molecular weight is 323 g/mol. The Hall–Kier alpha value is -2.21. The smallest absolute Gasteiger partial charge is 0.254 e. The molecule has 22 heavy (non-hydrogen) atoms. The number of ether oxygens (including phenoxy) is 1. The van der Waals surface area contributed by atoms with E-state index in [1.54, 1.807) is 18.2 Å². The summed E-state index contributed by atoms with van der Waals surface area (Å²) in [5.74, 6) is 0.0865. The maximum absolute atomic E-state index is 11.8. The standard InChI is InChI=1S/C15H19ClN4O2/c1-15(2,3)12-11(14(18)21)13(17)20(19-12)8-5-6-9(16)10(7-8)22-4/h5-7H,17H2,1-4H3,(H2,18,21). The minimum absolute atomic E-state index is 0.196. The van der Waals surface area contributed by atoms with E-state index in [1.165, 1.54) is 11.8 Å². The highest BCUT2D eigenvalue weighted by Gasteiger charge is 2.29. The first-order valence-electron chi connectivity index (χ1n) is 6.69. The molecule has 6 nitrogen and oxygen atoms in total. The highest BCUT2D eigenvalue weighted by atomic mass is 35.5. The second-order valence-corrected chi connectivity index (χ2v) is 6.36. The van der Waals surface area contributed by atoms with Crippen LogP contribution in [0.4, 0.5) is 5.82 Å². The molecule has 0 spiro atoms. The number of amides is 1. The first kappa shape index (κ1) is 16.2. The third kappa shape index (κ3) is 2.74. The zero-order valence-corrected chi connectivity index (χ0v) is 13.7. The van der Waals surface area contributed by atoms with E-state index >= 15 is 0 Å². The number of methoxy groups -OCH3 is 1. The number of anilines is 1. The lowest BCUT2D eigenvalue weighted by Crippen LogP contribution is -2.21. The van der Waals surface area contributed by atoms with Crippen molar-refractivity contribution in [3.63, 3.8) is 0 Å². The summed E-state index contributed by atoms with van der Waals surface area (Å²) in [4.78, 5) is 11.8. The Morgan fingerprint density at radius 1 is 1.36 bits per heavy atom. The summed E-state index contributed by atoms with van der Waals surface area (Å²) >= 11 is 6.02. The Balaban J connectivity index is 2.70. The van der Waals surface area contributed by atoms with Gasteiger partial charge in [-0.05, 0) is 12.1 Å². The first-order valence-corrected chi connectivity index (χ1v) is 7.07. The molecule has 0 bridgehead atoms. The number of nitrogen functional groups attached to an aromatic ring is 1. The molecule has 4 N–H and O–H groups in total. The van der Waals surface area contributed by atoms with Gasteiger partial charge in [0.25, 0.3) is 5.91 Å². The van der Waals surface area contributed by atoms with Gasteiger partial charge < -0.3 is 16.2 Å². The molecule has 2 rings (SSSR count). The van der Waals surface area contributed by atoms with Crippen LogP contribution >= 0.6 is 11.6 Å². The van der Waals surface area contributed by atoms with Gasteiger partial charge in [0, 0.05) is 11.5 Å². The van der Waals surface area contributed by atoms with Gasteiger partial charge in [0.1, 0.15) is 17.1 Å². The van der Waals surface area contributed by atoms with Crippen molar-refractivity contribution in [1.82, 2.24) is 9.78 Å². The van der Waals surface area contributed by atoms with E-state index in [1.807, 2.05) is 20.8 Å². The van der Waals surface area contributed by atoms with Gasteiger partial charge in [-0.25, -0.2) is 4.68 Å². The Kier molecular flexibility index (Phi) is 4.06. The number of halogens is 1. The number of hydrogen-bond donors (Lipinski definition) is 2. The Morgan fingerprint density at radius 2 is 2.00 bits per heavy atom. The predicted octanol–water partition coefficient (Wildman–Crippen LogP) is 2.51. The molecule has 0 aliphatic carbocycles. The van der Waals surface area contributed by atoms with Gasteiger partial charge in [-0.3, -0.25) is 4.79 Å². The lowest BCUT2D eigenvalue weighted by molar-refractivity contribution is 0.0999.